The van der Waals surface area contributed by atoms with Gasteiger partial charge in [0.2, 0.25) is 0 Å². The first-order valence-corrected chi connectivity index (χ1v) is 10.7. The van der Waals surface area contributed by atoms with Gasteiger partial charge in [0.15, 0.2) is 11.3 Å². The second-order valence-corrected chi connectivity index (χ2v) is 8.87. The molecule has 2 aromatic heterocycles. The van der Waals surface area contributed by atoms with E-state index in [0.717, 1.165) is 44.5 Å². The first-order valence-electron chi connectivity index (χ1n) is 10.7. The van der Waals surface area contributed by atoms with E-state index in [9.17, 15) is 4.79 Å². The van der Waals surface area contributed by atoms with E-state index in [4.69, 9.17) is 0 Å². The number of hydrogen-bond donors (Lipinski definition) is 1. The molecule has 1 amide bonds. The molecule has 1 N–H and O–H groups in total. The van der Waals surface area contributed by atoms with Crippen LogP contribution in [0.15, 0.2) is 42.7 Å². The molecule has 0 bridgehead atoms. The van der Waals surface area contributed by atoms with Crippen LogP contribution in [0.3, 0.4) is 0 Å². The van der Waals surface area contributed by atoms with Gasteiger partial charge in [-0.2, -0.15) is 5.10 Å². The van der Waals surface area contributed by atoms with Crippen molar-refractivity contribution in [3.8, 4) is 0 Å². The van der Waals surface area contributed by atoms with E-state index in [1.807, 2.05) is 23.4 Å². The molecule has 1 saturated heterocycles. The highest BCUT2D eigenvalue weighted by Gasteiger charge is 2.38. The third kappa shape index (κ3) is 3.02. The van der Waals surface area contributed by atoms with Crippen molar-refractivity contribution in [3.63, 3.8) is 0 Å². The highest BCUT2D eigenvalue weighted by molar-refractivity contribution is 5.93. The minimum Gasteiger partial charge on any atom is -0.337 e. The second kappa shape index (κ2) is 6.39. The molecule has 2 fully saturated rings. The van der Waals surface area contributed by atoms with E-state index in [2.05, 4.69) is 39.7 Å². The second-order valence-electron chi connectivity index (χ2n) is 8.87. The van der Waals surface area contributed by atoms with Gasteiger partial charge in [0.1, 0.15) is 0 Å². The molecule has 1 spiro atoms. The van der Waals surface area contributed by atoms with E-state index in [0.29, 0.717) is 11.6 Å². The van der Waals surface area contributed by atoms with Gasteiger partial charge in [-0.25, -0.2) is 9.50 Å². The zero-order chi connectivity index (χ0) is 19.4. The summed E-state index contributed by atoms with van der Waals surface area (Å²) in [7, 11) is 0. The molecular weight excluding hydrogens is 362 g/mol. The average Bonchev–Trinajstić information content (AvgIpc) is 3.52. The lowest BCUT2D eigenvalue weighted by Gasteiger charge is -2.45. The third-order valence-corrected chi connectivity index (χ3v) is 6.91. The van der Waals surface area contributed by atoms with Crippen LogP contribution in [0.5, 0.6) is 0 Å². The van der Waals surface area contributed by atoms with Crippen LogP contribution in [-0.4, -0.2) is 44.0 Å². The van der Waals surface area contributed by atoms with Crippen molar-refractivity contribution in [2.75, 3.05) is 13.1 Å². The number of amides is 1. The van der Waals surface area contributed by atoms with Gasteiger partial charge in [0.05, 0.1) is 0 Å². The largest absolute Gasteiger partial charge is 0.337 e. The maximum atomic E-state index is 13.1. The third-order valence-electron chi connectivity index (χ3n) is 6.91. The summed E-state index contributed by atoms with van der Waals surface area (Å²) < 4.78 is 1.77. The lowest BCUT2D eigenvalue weighted by molar-refractivity contribution is 0.0625. The first kappa shape index (κ1) is 17.2. The van der Waals surface area contributed by atoms with Crippen molar-refractivity contribution >= 4 is 11.6 Å². The zero-order valence-corrected chi connectivity index (χ0v) is 16.5. The van der Waals surface area contributed by atoms with Gasteiger partial charge < -0.3 is 10.2 Å². The van der Waals surface area contributed by atoms with Gasteiger partial charge in [-0.15, -0.1) is 0 Å². The van der Waals surface area contributed by atoms with Crippen LogP contribution >= 0.6 is 0 Å². The van der Waals surface area contributed by atoms with Crippen molar-refractivity contribution in [2.45, 2.75) is 50.1 Å². The molecule has 29 heavy (non-hydrogen) atoms. The Morgan fingerprint density at radius 1 is 1.14 bits per heavy atom. The first-order chi connectivity index (χ1) is 14.2. The summed E-state index contributed by atoms with van der Waals surface area (Å²) in [6.45, 7) is 2.46. The monoisotopic (exact) mass is 387 g/mol. The van der Waals surface area contributed by atoms with E-state index in [1.165, 1.54) is 29.5 Å². The smallest absolute Gasteiger partial charge is 0.274 e. The number of nitrogens with zero attached hydrogens (tertiary/aromatic N) is 4. The van der Waals surface area contributed by atoms with Crippen LogP contribution in [0.2, 0.25) is 0 Å². The SMILES string of the molecule is O=C(c1cc2ncc(C3CC3)cn2n1)N1CCC2(CC1)Cc1ccccc1CN2. The van der Waals surface area contributed by atoms with E-state index in [-0.39, 0.29) is 11.4 Å². The van der Waals surface area contributed by atoms with Gasteiger partial charge in [0, 0.05) is 43.6 Å². The lowest BCUT2D eigenvalue weighted by Crippen LogP contribution is -2.57. The quantitative estimate of drug-likeness (QED) is 0.734. The Bertz CT molecular complexity index is 1090. The number of aromatic nitrogens is 3. The van der Waals surface area contributed by atoms with Crippen LogP contribution < -0.4 is 5.32 Å². The Morgan fingerprint density at radius 3 is 2.72 bits per heavy atom. The summed E-state index contributed by atoms with van der Waals surface area (Å²) in [5.41, 5.74) is 5.44. The predicted octanol–water partition coefficient (Wildman–Crippen LogP) is 2.93. The summed E-state index contributed by atoms with van der Waals surface area (Å²) in [5.74, 6) is 0.649. The van der Waals surface area contributed by atoms with Crippen molar-refractivity contribution in [2.24, 2.45) is 0 Å². The highest BCUT2D eigenvalue weighted by atomic mass is 16.2. The average molecular weight is 387 g/mol. The highest BCUT2D eigenvalue weighted by Crippen LogP contribution is 2.39. The lowest BCUT2D eigenvalue weighted by atomic mass is 9.78. The number of nitrogens with one attached hydrogen (secondary N) is 1. The number of rotatable bonds is 2. The topological polar surface area (TPSA) is 62.5 Å². The molecule has 148 valence electrons. The number of benzene rings is 1. The maximum absolute atomic E-state index is 13.1. The number of hydrogen-bond acceptors (Lipinski definition) is 4. The van der Waals surface area contributed by atoms with Crippen molar-refractivity contribution in [1.29, 1.82) is 0 Å². The van der Waals surface area contributed by atoms with Crippen LogP contribution in [0, 0.1) is 0 Å². The summed E-state index contributed by atoms with van der Waals surface area (Å²) in [6, 6.07) is 10.5. The molecule has 6 nitrogen and oxygen atoms in total. The van der Waals surface area contributed by atoms with Gasteiger partial charge in [-0.3, -0.25) is 4.79 Å². The zero-order valence-electron chi connectivity index (χ0n) is 16.5. The molecule has 0 radical (unpaired) electrons. The van der Waals surface area contributed by atoms with Crippen LogP contribution in [0.25, 0.3) is 5.65 Å². The van der Waals surface area contributed by atoms with Crippen molar-refractivity contribution in [1.82, 2.24) is 24.8 Å². The molecule has 4 heterocycles. The fraction of sp³-hybridized carbons (Fsp3) is 0.435. The molecule has 3 aliphatic rings. The molecule has 3 aromatic rings. The van der Waals surface area contributed by atoms with Gasteiger partial charge in [0.25, 0.3) is 5.91 Å². The summed E-state index contributed by atoms with van der Waals surface area (Å²) in [4.78, 5) is 19.5. The molecule has 2 aliphatic heterocycles. The Balaban J connectivity index is 1.17. The fourth-order valence-corrected chi connectivity index (χ4v) is 4.89. The Kier molecular flexibility index (Phi) is 3.78. The van der Waals surface area contributed by atoms with Gasteiger partial charge in [-0.1, -0.05) is 24.3 Å². The Labute approximate surface area is 169 Å². The molecule has 6 heteroatoms. The van der Waals surface area contributed by atoms with Crippen molar-refractivity contribution < 1.29 is 4.79 Å². The van der Waals surface area contributed by atoms with E-state index in [1.54, 1.807) is 4.52 Å². The fourth-order valence-electron chi connectivity index (χ4n) is 4.89. The minimum absolute atomic E-state index is 0.0227. The number of likely N-dealkylation sites (tertiary alicyclic amines) is 1. The van der Waals surface area contributed by atoms with E-state index < -0.39 is 0 Å². The summed E-state index contributed by atoms with van der Waals surface area (Å²) in [5, 5.41) is 8.31. The van der Waals surface area contributed by atoms with Crippen LogP contribution in [0.1, 0.15) is 58.8 Å². The molecule has 6 rings (SSSR count). The van der Waals surface area contributed by atoms with Crippen molar-refractivity contribution in [3.05, 3.63) is 65.1 Å². The minimum atomic E-state index is 0.0227. The number of carbonyl (C=O) groups excluding carboxylic acids is 1. The summed E-state index contributed by atoms with van der Waals surface area (Å²) in [6.07, 6.45) is 9.43. The van der Waals surface area contributed by atoms with Gasteiger partial charge in [-0.05, 0) is 54.7 Å². The van der Waals surface area contributed by atoms with E-state index >= 15 is 0 Å². The molecule has 1 saturated carbocycles. The number of carbonyl (C=O) groups is 1. The van der Waals surface area contributed by atoms with Crippen LogP contribution in [-0.2, 0) is 13.0 Å². The normalized spacial score (nSPS) is 20.8. The molecule has 0 unspecified atom stereocenters. The number of fused-ring (bicyclic) bond motifs is 2. The summed E-state index contributed by atoms with van der Waals surface area (Å²) >= 11 is 0. The Morgan fingerprint density at radius 2 is 1.93 bits per heavy atom. The molecular formula is C23H25N5O. The Hall–Kier alpha value is -2.73. The van der Waals surface area contributed by atoms with Gasteiger partial charge >= 0.3 is 0 Å². The standard InChI is InChI=1S/C23H25N5O/c29-22(20-11-21-24-13-19(16-5-6-16)15-28(21)26-20)27-9-7-23(8-10-27)12-17-3-1-2-4-18(17)14-25-23/h1-4,11,13,15-16,25H,5-10,12,14H2. The predicted molar refractivity (Wildman–Crippen MR) is 110 cm³/mol. The molecule has 1 aliphatic carbocycles. The van der Waals surface area contributed by atoms with Crippen LogP contribution in [0.4, 0.5) is 0 Å². The maximum Gasteiger partial charge on any atom is 0.274 e. The number of piperidine rings is 1. The molecule has 0 atom stereocenters. The molecule has 1 aromatic carbocycles.